The molecule has 1 aromatic rings. The van der Waals surface area contributed by atoms with Crippen molar-refractivity contribution in [2.24, 2.45) is 5.73 Å². The molecular weight excluding hydrogens is 225 g/mol. The molecule has 0 heterocycles. The summed E-state index contributed by atoms with van der Waals surface area (Å²) in [7, 11) is -0.364. The maximum absolute atomic E-state index is 5.72. The molecule has 1 nitrogen and oxygen atoms in total. The predicted molar refractivity (Wildman–Crippen MR) is 80.0 cm³/mol. The van der Waals surface area contributed by atoms with Crippen LogP contribution in [-0.2, 0) is 0 Å². The Hall–Kier alpha value is -1.17. The van der Waals surface area contributed by atoms with Crippen LogP contribution in [0.5, 0.6) is 0 Å². The normalized spacial score (nSPS) is 13.9. The molecule has 1 unspecified atom stereocenters. The molecule has 0 aromatic heterocycles. The molecule has 90 valence electrons. The van der Waals surface area contributed by atoms with Gasteiger partial charge in [-0.05, 0) is 38.2 Å². The molecule has 0 aliphatic rings. The summed E-state index contributed by atoms with van der Waals surface area (Å²) >= 11 is 0. The first-order valence-electron chi connectivity index (χ1n) is 5.81. The van der Waals surface area contributed by atoms with Gasteiger partial charge >= 0.3 is 0 Å². The molecule has 0 fully saturated rings. The van der Waals surface area contributed by atoms with Gasteiger partial charge in [0.1, 0.15) is 0 Å². The third-order valence-corrected chi connectivity index (χ3v) is 4.98. The van der Waals surface area contributed by atoms with E-state index in [9.17, 15) is 0 Å². The zero-order valence-electron chi connectivity index (χ0n) is 10.3. The molecule has 0 bridgehead atoms. The fourth-order valence-electron chi connectivity index (χ4n) is 1.61. The van der Waals surface area contributed by atoms with E-state index in [-0.39, 0.29) is 7.92 Å². The number of benzene rings is 1. The largest absolute Gasteiger partial charge is 0.330 e. The van der Waals surface area contributed by atoms with Crippen molar-refractivity contribution in [3.63, 3.8) is 0 Å². The van der Waals surface area contributed by atoms with E-state index >= 15 is 0 Å². The van der Waals surface area contributed by atoms with Gasteiger partial charge < -0.3 is 5.73 Å². The van der Waals surface area contributed by atoms with Gasteiger partial charge in [-0.1, -0.05) is 61.2 Å². The Morgan fingerprint density at radius 3 is 2.59 bits per heavy atom. The van der Waals surface area contributed by atoms with Gasteiger partial charge in [0.05, 0.1) is 0 Å². The van der Waals surface area contributed by atoms with Crippen molar-refractivity contribution in [1.82, 2.24) is 0 Å². The van der Waals surface area contributed by atoms with Crippen molar-refractivity contribution in [1.29, 1.82) is 0 Å². The first kappa shape index (κ1) is 13.9. The quantitative estimate of drug-likeness (QED) is 0.603. The van der Waals surface area contributed by atoms with Crippen LogP contribution >= 0.6 is 7.92 Å². The van der Waals surface area contributed by atoms with E-state index < -0.39 is 0 Å². The van der Waals surface area contributed by atoms with Crippen molar-refractivity contribution >= 4 is 13.2 Å². The van der Waals surface area contributed by atoms with Crippen LogP contribution in [0.2, 0.25) is 0 Å². The second-order valence-corrected chi connectivity index (χ2v) is 5.93. The minimum Gasteiger partial charge on any atom is -0.330 e. The van der Waals surface area contributed by atoms with Crippen LogP contribution in [0, 0.1) is 0 Å². The Bertz CT molecular complexity index is 393. The Morgan fingerprint density at radius 1 is 1.35 bits per heavy atom. The molecule has 1 rings (SSSR count). The Kier molecular flexibility index (Phi) is 6.54. The highest BCUT2D eigenvalue weighted by Crippen LogP contribution is 2.43. The summed E-state index contributed by atoms with van der Waals surface area (Å²) < 4.78 is 0. The van der Waals surface area contributed by atoms with Crippen molar-refractivity contribution < 1.29 is 0 Å². The summed E-state index contributed by atoms with van der Waals surface area (Å²) in [4.78, 5) is 0. The monoisotopic (exact) mass is 245 g/mol. The minimum atomic E-state index is -0.364. The molecule has 0 saturated heterocycles. The highest BCUT2D eigenvalue weighted by molar-refractivity contribution is 7.70. The van der Waals surface area contributed by atoms with E-state index in [0.29, 0.717) is 6.54 Å². The molecule has 0 saturated carbocycles. The van der Waals surface area contributed by atoms with Crippen LogP contribution in [0.3, 0.4) is 0 Å². The van der Waals surface area contributed by atoms with Crippen molar-refractivity contribution in [2.75, 3.05) is 12.7 Å². The lowest BCUT2D eigenvalue weighted by Crippen LogP contribution is -2.11. The molecule has 0 aliphatic heterocycles. The molecule has 17 heavy (non-hydrogen) atoms. The van der Waals surface area contributed by atoms with E-state index in [0.717, 1.165) is 6.16 Å². The van der Waals surface area contributed by atoms with Gasteiger partial charge in [-0.2, -0.15) is 0 Å². The Morgan fingerprint density at radius 2 is 2.06 bits per heavy atom. The minimum absolute atomic E-state index is 0.364. The van der Waals surface area contributed by atoms with Crippen LogP contribution in [-0.4, -0.2) is 12.7 Å². The van der Waals surface area contributed by atoms with Crippen LogP contribution in [0.15, 0.2) is 66.5 Å². The first-order chi connectivity index (χ1) is 8.33. The number of allylic oxidation sites excluding steroid dienone is 5. The summed E-state index contributed by atoms with van der Waals surface area (Å²) in [6.07, 6.45) is 9.20. The fraction of sp³-hybridized carbons (Fsp3) is 0.200. The van der Waals surface area contributed by atoms with Crippen molar-refractivity contribution in [3.8, 4) is 0 Å². The molecule has 0 amide bonds. The van der Waals surface area contributed by atoms with Crippen LogP contribution in [0.25, 0.3) is 0 Å². The summed E-state index contributed by atoms with van der Waals surface area (Å²) in [6, 6.07) is 10.6. The zero-order valence-corrected chi connectivity index (χ0v) is 11.2. The third kappa shape index (κ3) is 4.30. The molecular formula is C15H20NP. The maximum atomic E-state index is 5.72. The van der Waals surface area contributed by atoms with E-state index in [2.05, 4.69) is 43.0 Å². The van der Waals surface area contributed by atoms with Gasteiger partial charge in [0.15, 0.2) is 0 Å². The SMILES string of the molecule is C=C/C(=C\C=C/C)P(CCN)c1ccccc1. The molecule has 2 N–H and O–H groups in total. The standard InChI is InChI=1S/C15H20NP/c1-3-5-9-14(4-2)17(13-12-16)15-10-7-6-8-11-15/h3-11H,2,12-13,16H2,1H3/b5-3-,14-9+. The lowest BCUT2D eigenvalue weighted by atomic mass is 10.4. The highest BCUT2D eigenvalue weighted by Gasteiger charge is 2.12. The lowest BCUT2D eigenvalue weighted by Gasteiger charge is -2.18. The van der Waals surface area contributed by atoms with E-state index in [1.807, 2.05) is 25.1 Å². The maximum Gasteiger partial charge on any atom is -0.00318 e. The van der Waals surface area contributed by atoms with Gasteiger partial charge in [-0.15, -0.1) is 0 Å². The topological polar surface area (TPSA) is 26.0 Å². The Balaban J connectivity index is 3.03. The molecule has 0 aliphatic carbocycles. The number of hydrogen-bond acceptors (Lipinski definition) is 1. The summed E-state index contributed by atoms with van der Waals surface area (Å²) in [6.45, 7) is 6.64. The second-order valence-electron chi connectivity index (χ2n) is 3.60. The average Bonchev–Trinajstić information content (AvgIpc) is 2.39. The predicted octanol–water partition coefficient (Wildman–Crippen LogP) is 3.40. The highest BCUT2D eigenvalue weighted by atomic mass is 31.1. The smallest absolute Gasteiger partial charge is 0.00318 e. The zero-order chi connectivity index (χ0) is 12.5. The number of rotatable bonds is 6. The average molecular weight is 245 g/mol. The van der Waals surface area contributed by atoms with Gasteiger partial charge in [-0.3, -0.25) is 0 Å². The first-order valence-corrected chi connectivity index (χ1v) is 7.34. The van der Waals surface area contributed by atoms with E-state index in [4.69, 9.17) is 5.73 Å². The van der Waals surface area contributed by atoms with Gasteiger partial charge in [0.2, 0.25) is 0 Å². The third-order valence-electron chi connectivity index (χ3n) is 2.40. The molecule has 0 radical (unpaired) electrons. The van der Waals surface area contributed by atoms with Crippen LogP contribution < -0.4 is 11.0 Å². The van der Waals surface area contributed by atoms with Crippen LogP contribution in [0.4, 0.5) is 0 Å². The molecule has 0 spiro atoms. The van der Waals surface area contributed by atoms with Gasteiger partial charge in [0, 0.05) is 0 Å². The summed E-state index contributed by atoms with van der Waals surface area (Å²) in [5, 5.41) is 2.65. The molecule has 1 aromatic carbocycles. The lowest BCUT2D eigenvalue weighted by molar-refractivity contribution is 1.14. The number of nitrogens with two attached hydrogens (primary N) is 1. The second kappa shape index (κ2) is 8.00. The van der Waals surface area contributed by atoms with Gasteiger partial charge in [0.25, 0.3) is 0 Å². The van der Waals surface area contributed by atoms with Crippen molar-refractivity contribution in [3.05, 3.63) is 66.5 Å². The summed E-state index contributed by atoms with van der Waals surface area (Å²) in [5.41, 5.74) is 5.72. The summed E-state index contributed by atoms with van der Waals surface area (Å²) in [5.74, 6) is 0. The molecule has 1 atom stereocenters. The van der Waals surface area contributed by atoms with E-state index in [1.54, 1.807) is 0 Å². The number of hydrogen-bond donors (Lipinski definition) is 1. The van der Waals surface area contributed by atoms with Crippen molar-refractivity contribution in [2.45, 2.75) is 6.92 Å². The Labute approximate surface area is 105 Å². The van der Waals surface area contributed by atoms with E-state index in [1.165, 1.54) is 10.6 Å². The van der Waals surface area contributed by atoms with Crippen LogP contribution in [0.1, 0.15) is 6.92 Å². The molecule has 2 heteroatoms. The fourth-order valence-corrected chi connectivity index (χ4v) is 3.70. The van der Waals surface area contributed by atoms with Gasteiger partial charge in [-0.25, -0.2) is 0 Å².